The molecule has 1 saturated heterocycles. The number of aromatic nitrogens is 2. The number of unbranched alkanes of at least 4 members (excludes halogenated alkanes) is 1. The minimum absolute atomic E-state index is 0.0548. The number of nitrogens with one attached hydrogen (secondary N) is 1. The van der Waals surface area contributed by atoms with Crippen LogP contribution in [0.1, 0.15) is 32.1 Å². The zero-order valence-corrected chi connectivity index (χ0v) is 17.3. The van der Waals surface area contributed by atoms with Crippen molar-refractivity contribution in [1.29, 1.82) is 0 Å². The Bertz CT molecular complexity index is 793. The summed E-state index contributed by atoms with van der Waals surface area (Å²) >= 11 is 0. The number of carbonyl (C=O) groups excluding carboxylic acids is 1. The number of para-hydroxylation sites is 2. The molecule has 1 aromatic heterocycles. The van der Waals surface area contributed by atoms with Crippen molar-refractivity contribution in [3.05, 3.63) is 36.7 Å². The highest BCUT2D eigenvalue weighted by molar-refractivity contribution is 8.77. The SMILES string of the molecule is O=C(CCCC[C@H]1CCSS1)Nc1cnn(C[C@@H]2COc3ccccc3O2)c1. The monoisotopic (exact) mass is 419 g/mol. The van der Waals surface area contributed by atoms with Gasteiger partial charge in [0.2, 0.25) is 5.91 Å². The van der Waals surface area contributed by atoms with Gasteiger partial charge >= 0.3 is 0 Å². The van der Waals surface area contributed by atoms with E-state index in [4.69, 9.17) is 9.47 Å². The molecule has 0 saturated carbocycles. The van der Waals surface area contributed by atoms with Gasteiger partial charge in [-0.05, 0) is 31.4 Å². The molecule has 1 fully saturated rings. The highest BCUT2D eigenvalue weighted by Gasteiger charge is 2.21. The van der Waals surface area contributed by atoms with Crippen LogP contribution in [-0.4, -0.2) is 39.4 Å². The third-order valence-corrected chi connectivity index (χ3v) is 7.79. The first-order valence-electron chi connectivity index (χ1n) is 9.75. The van der Waals surface area contributed by atoms with Gasteiger partial charge in [-0.2, -0.15) is 5.10 Å². The summed E-state index contributed by atoms with van der Waals surface area (Å²) in [5.41, 5.74) is 0.727. The van der Waals surface area contributed by atoms with Gasteiger partial charge in [0, 0.05) is 23.6 Å². The van der Waals surface area contributed by atoms with Crippen LogP contribution in [-0.2, 0) is 11.3 Å². The molecule has 28 heavy (non-hydrogen) atoms. The van der Waals surface area contributed by atoms with E-state index in [0.717, 1.165) is 35.3 Å². The van der Waals surface area contributed by atoms with Crippen molar-refractivity contribution in [3.8, 4) is 11.5 Å². The van der Waals surface area contributed by atoms with Crippen molar-refractivity contribution in [2.45, 2.75) is 50.0 Å². The van der Waals surface area contributed by atoms with Gasteiger partial charge in [0.05, 0.1) is 18.4 Å². The number of nitrogens with zero attached hydrogens (tertiary/aromatic N) is 2. The Kier molecular flexibility index (Phi) is 6.69. The fourth-order valence-corrected chi connectivity index (χ4v) is 6.36. The Morgan fingerprint density at radius 2 is 2.18 bits per heavy atom. The summed E-state index contributed by atoms with van der Waals surface area (Å²) in [7, 11) is 3.97. The summed E-state index contributed by atoms with van der Waals surface area (Å²) in [6.07, 6.45) is 8.56. The molecule has 0 bridgehead atoms. The normalized spacial score (nSPS) is 20.9. The van der Waals surface area contributed by atoms with Gasteiger partial charge in [0.1, 0.15) is 6.61 Å². The topological polar surface area (TPSA) is 65.4 Å². The Balaban J connectivity index is 1.18. The number of fused-ring (bicyclic) bond motifs is 1. The smallest absolute Gasteiger partial charge is 0.224 e. The average molecular weight is 420 g/mol. The van der Waals surface area contributed by atoms with E-state index >= 15 is 0 Å². The zero-order valence-electron chi connectivity index (χ0n) is 15.7. The summed E-state index contributed by atoms with van der Waals surface area (Å²) in [6.45, 7) is 1.05. The first kappa shape index (κ1) is 19.5. The number of rotatable bonds is 8. The third-order valence-electron chi connectivity index (χ3n) is 4.78. The molecule has 150 valence electrons. The van der Waals surface area contributed by atoms with Crippen LogP contribution in [0.5, 0.6) is 11.5 Å². The zero-order chi connectivity index (χ0) is 19.2. The molecule has 0 aliphatic carbocycles. The van der Waals surface area contributed by atoms with E-state index in [2.05, 4.69) is 10.4 Å². The van der Waals surface area contributed by atoms with Crippen LogP contribution in [0.3, 0.4) is 0 Å². The van der Waals surface area contributed by atoms with E-state index in [0.29, 0.717) is 19.6 Å². The van der Waals surface area contributed by atoms with Gasteiger partial charge in [-0.25, -0.2) is 0 Å². The number of benzene rings is 1. The standard InChI is InChI=1S/C20H25N3O3S2/c24-20(8-4-1-5-17-9-10-27-28-17)22-15-11-21-23(12-15)13-16-14-25-18-6-2-3-7-19(18)26-16/h2-3,6-7,11-12,16-17H,1,4-5,8-10,13-14H2,(H,22,24)/t16-,17+/m1/s1. The van der Waals surface area contributed by atoms with Gasteiger partial charge in [0.25, 0.3) is 0 Å². The average Bonchev–Trinajstić information content (AvgIpc) is 3.37. The third kappa shape index (κ3) is 5.38. The molecule has 8 heteroatoms. The Morgan fingerprint density at radius 3 is 3.04 bits per heavy atom. The molecule has 0 unspecified atom stereocenters. The second-order valence-corrected chi connectivity index (χ2v) is 9.86. The summed E-state index contributed by atoms with van der Waals surface area (Å²) in [5.74, 6) is 2.86. The van der Waals surface area contributed by atoms with E-state index in [1.807, 2.05) is 52.1 Å². The quantitative estimate of drug-likeness (QED) is 0.506. The van der Waals surface area contributed by atoms with E-state index < -0.39 is 0 Å². The first-order chi connectivity index (χ1) is 13.8. The number of hydrogen-bond acceptors (Lipinski definition) is 6. The molecule has 0 radical (unpaired) electrons. The van der Waals surface area contributed by atoms with Crippen molar-refractivity contribution in [2.75, 3.05) is 17.7 Å². The molecule has 2 aliphatic heterocycles. The molecule has 3 heterocycles. The van der Waals surface area contributed by atoms with Crippen molar-refractivity contribution >= 4 is 33.2 Å². The van der Waals surface area contributed by atoms with Crippen LogP contribution < -0.4 is 14.8 Å². The molecule has 1 aromatic carbocycles. The predicted molar refractivity (Wildman–Crippen MR) is 114 cm³/mol. The molecule has 0 spiro atoms. The minimum Gasteiger partial charge on any atom is -0.486 e. The van der Waals surface area contributed by atoms with Crippen molar-refractivity contribution < 1.29 is 14.3 Å². The van der Waals surface area contributed by atoms with E-state index in [1.54, 1.807) is 10.9 Å². The summed E-state index contributed by atoms with van der Waals surface area (Å²) < 4.78 is 13.5. The number of anilines is 1. The molecule has 2 atom stereocenters. The fraction of sp³-hybridized carbons (Fsp3) is 0.500. The van der Waals surface area contributed by atoms with Crippen LogP contribution in [0.2, 0.25) is 0 Å². The maximum atomic E-state index is 12.1. The molecular formula is C20H25N3O3S2. The predicted octanol–water partition coefficient (Wildman–Crippen LogP) is 4.38. The number of carbonyl (C=O) groups is 1. The van der Waals surface area contributed by atoms with Gasteiger partial charge < -0.3 is 14.8 Å². The molecular weight excluding hydrogens is 394 g/mol. The molecule has 6 nitrogen and oxygen atoms in total. The van der Waals surface area contributed by atoms with Crippen LogP contribution in [0.15, 0.2) is 36.7 Å². The molecule has 1 N–H and O–H groups in total. The van der Waals surface area contributed by atoms with Crippen LogP contribution in [0, 0.1) is 0 Å². The van der Waals surface area contributed by atoms with Crippen molar-refractivity contribution in [3.63, 3.8) is 0 Å². The van der Waals surface area contributed by atoms with Gasteiger partial charge in [-0.15, -0.1) is 0 Å². The van der Waals surface area contributed by atoms with Crippen molar-refractivity contribution in [1.82, 2.24) is 9.78 Å². The molecule has 4 rings (SSSR count). The Labute approximate surface area is 173 Å². The maximum Gasteiger partial charge on any atom is 0.224 e. The summed E-state index contributed by atoms with van der Waals surface area (Å²) in [5, 5.41) is 8.05. The molecule has 1 amide bonds. The Morgan fingerprint density at radius 1 is 1.29 bits per heavy atom. The maximum absolute atomic E-state index is 12.1. The largest absolute Gasteiger partial charge is 0.486 e. The fourth-order valence-electron chi connectivity index (χ4n) is 3.34. The van der Waals surface area contributed by atoms with Crippen molar-refractivity contribution in [2.24, 2.45) is 0 Å². The lowest BCUT2D eigenvalue weighted by atomic mass is 10.1. The van der Waals surface area contributed by atoms with Crippen LogP contribution >= 0.6 is 21.6 Å². The minimum atomic E-state index is -0.107. The summed E-state index contributed by atoms with van der Waals surface area (Å²) in [6, 6.07) is 7.66. The van der Waals surface area contributed by atoms with Crippen LogP contribution in [0.4, 0.5) is 5.69 Å². The second kappa shape index (κ2) is 9.60. The van der Waals surface area contributed by atoms with Gasteiger partial charge in [0.15, 0.2) is 17.6 Å². The van der Waals surface area contributed by atoms with Gasteiger partial charge in [-0.1, -0.05) is 40.1 Å². The highest BCUT2D eigenvalue weighted by Crippen LogP contribution is 2.39. The van der Waals surface area contributed by atoms with E-state index in [-0.39, 0.29) is 12.0 Å². The van der Waals surface area contributed by atoms with E-state index in [9.17, 15) is 4.79 Å². The van der Waals surface area contributed by atoms with Crippen LogP contribution in [0.25, 0.3) is 0 Å². The number of amides is 1. The molecule has 2 aromatic rings. The lowest BCUT2D eigenvalue weighted by molar-refractivity contribution is -0.116. The molecule has 2 aliphatic rings. The Hall–Kier alpha value is -1.80. The van der Waals surface area contributed by atoms with E-state index in [1.165, 1.54) is 18.6 Å². The summed E-state index contributed by atoms with van der Waals surface area (Å²) in [4.78, 5) is 12.1. The lowest BCUT2D eigenvalue weighted by Crippen LogP contribution is -2.33. The first-order valence-corrected chi connectivity index (χ1v) is 12.1. The number of hydrogen-bond donors (Lipinski definition) is 1. The highest BCUT2D eigenvalue weighted by atomic mass is 33.1. The lowest BCUT2D eigenvalue weighted by Gasteiger charge is -2.26. The number of ether oxygens (including phenoxy) is 2. The second-order valence-electron chi connectivity index (χ2n) is 7.07. The van der Waals surface area contributed by atoms with Gasteiger partial charge in [-0.3, -0.25) is 9.48 Å².